The van der Waals surface area contributed by atoms with Gasteiger partial charge in [0.15, 0.2) is 17.3 Å². The van der Waals surface area contributed by atoms with Gasteiger partial charge in [0.25, 0.3) is 0 Å². The van der Waals surface area contributed by atoms with Gasteiger partial charge in [-0.2, -0.15) is 10.1 Å². The zero-order valence-corrected chi connectivity index (χ0v) is 15.6. The van der Waals surface area contributed by atoms with E-state index in [1.165, 1.54) is 23.9 Å². The molecule has 1 aromatic heterocycles. The minimum atomic E-state index is -0.316. The Bertz CT molecular complexity index is 998. The van der Waals surface area contributed by atoms with Crippen LogP contribution in [-0.4, -0.2) is 35.9 Å². The molecule has 2 aromatic carbocycles. The Morgan fingerprint density at radius 3 is 2.61 bits per heavy atom. The van der Waals surface area contributed by atoms with E-state index in [1.54, 1.807) is 26.4 Å². The normalized spacial score (nSPS) is 13.0. The van der Waals surface area contributed by atoms with Gasteiger partial charge in [-0.25, -0.2) is 4.39 Å². The van der Waals surface area contributed by atoms with Crippen LogP contribution in [0.5, 0.6) is 11.5 Å². The van der Waals surface area contributed by atoms with E-state index in [0.717, 1.165) is 24.3 Å². The lowest BCUT2D eigenvalue weighted by Crippen LogP contribution is -2.32. The third kappa shape index (κ3) is 3.66. The van der Waals surface area contributed by atoms with Crippen LogP contribution in [0.4, 0.5) is 21.8 Å². The monoisotopic (exact) mass is 381 g/mol. The number of benzene rings is 2. The first kappa shape index (κ1) is 18.0. The number of fused-ring (bicyclic) bond motifs is 1. The molecule has 0 unspecified atom stereocenters. The van der Waals surface area contributed by atoms with E-state index in [1.807, 2.05) is 12.1 Å². The minimum Gasteiger partial charge on any atom is -0.493 e. The van der Waals surface area contributed by atoms with Crippen LogP contribution in [0.3, 0.4) is 0 Å². The van der Waals surface area contributed by atoms with Crippen LogP contribution in [-0.2, 0) is 13.0 Å². The predicted octanol–water partition coefficient (Wildman–Crippen LogP) is 3.33. The average Bonchev–Trinajstić information content (AvgIpc) is 2.72. The summed E-state index contributed by atoms with van der Waals surface area (Å²) in [5.41, 5.74) is 2.96. The molecule has 0 saturated carbocycles. The summed E-state index contributed by atoms with van der Waals surface area (Å²) in [6, 6.07) is 10.2. The lowest BCUT2D eigenvalue weighted by molar-refractivity contribution is 0.353. The zero-order valence-electron chi connectivity index (χ0n) is 15.6. The number of nitrogens with one attached hydrogen (secondary N) is 1. The molecule has 0 atom stereocenters. The zero-order chi connectivity index (χ0) is 19.5. The van der Waals surface area contributed by atoms with Crippen molar-refractivity contribution in [1.82, 2.24) is 15.2 Å². The first-order valence-electron chi connectivity index (χ1n) is 8.87. The highest BCUT2D eigenvalue weighted by Crippen LogP contribution is 2.34. The maximum absolute atomic E-state index is 13.4. The molecular weight excluding hydrogens is 361 g/mol. The minimum absolute atomic E-state index is 0.316. The van der Waals surface area contributed by atoms with Crippen molar-refractivity contribution >= 4 is 17.5 Å². The van der Waals surface area contributed by atoms with Crippen molar-refractivity contribution < 1.29 is 13.9 Å². The molecule has 0 amide bonds. The summed E-state index contributed by atoms with van der Waals surface area (Å²) >= 11 is 0. The summed E-state index contributed by atoms with van der Waals surface area (Å²) in [6.07, 6.45) is 2.35. The molecule has 0 bridgehead atoms. The van der Waals surface area contributed by atoms with Gasteiger partial charge in [-0.3, -0.25) is 0 Å². The third-order valence-corrected chi connectivity index (χ3v) is 4.65. The van der Waals surface area contributed by atoms with Crippen LogP contribution < -0.4 is 19.7 Å². The number of hydrogen-bond donors (Lipinski definition) is 1. The Morgan fingerprint density at radius 1 is 1.07 bits per heavy atom. The van der Waals surface area contributed by atoms with Gasteiger partial charge in [-0.1, -0.05) is 6.07 Å². The number of nitrogens with zero attached hydrogens (tertiary/aromatic N) is 4. The van der Waals surface area contributed by atoms with E-state index in [4.69, 9.17) is 9.47 Å². The molecule has 1 aliphatic rings. The van der Waals surface area contributed by atoms with Crippen LogP contribution in [0, 0.1) is 5.82 Å². The van der Waals surface area contributed by atoms with Crippen molar-refractivity contribution in [2.24, 2.45) is 0 Å². The van der Waals surface area contributed by atoms with Crippen molar-refractivity contribution in [2.45, 2.75) is 13.0 Å². The molecule has 0 saturated heterocycles. The van der Waals surface area contributed by atoms with Gasteiger partial charge < -0.3 is 19.7 Å². The number of aromatic nitrogens is 3. The van der Waals surface area contributed by atoms with E-state index < -0.39 is 0 Å². The lowest BCUT2D eigenvalue weighted by Gasteiger charge is -2.29. The molecule has 4 rings (SSSR count). The van der Waals surface area contributed by atoms with E-state index in [-0.39, 0.29) is 5.82 Å². The van der Waals surface area contributed by atoms with E-state index >= 15 is 0 Å². The topological polar surface area (TPSA) is 72.4 Å². The van der Waals surface area contributed by atoms with Gasteiger partial charge in [-0.15, -0.1) is 5.10 Å². The maximum Gasteiger partial charge on any atom is 0.247 e. The fourth-order valence-corrected chi connectivity index (χ4v) is 3.26. The van der Waals surface area contributed by atoms with Crippen molar-refractivity contribution in [3.63, 3.8) is 0 Å². The summed E-state index contributed by atoms with van der Waals surface area (Å²) in [7, 11) is 3.26. The molecular formula is C20H20FN5O2. The van der Waals surface area contributed by atoms with E-state index in [0.29, 0.717) is 29.7 Å². The largest absolute Gasteiger partial charge is 0.493 e. The molecule has 8 heteroatoms. The molecule has 1 N–H and O–H groups in total. The molecule has 1 aliphatic heterocycles. The second-order valence-electron chi connectivity index (χ2n) is 6.42. The molecule has 0 fully saturated rings. The van der Waals surface area contributed by atoms with Crippen LogP contribution >= 0.6 is 0 Å². The highest BCUT2D eigenvalue weighted by atomic mass is 19.1. The van der Waals surface area contributed by atoms with Crippen molar-refractivity contribution in [3.8, 4) is 11.5 Å². The molecule has 28 heavy (non-hydrogen) atoms. The van der Waals surface area contributed by atoms with Gasteiger partial charge in [0.1, 0.15) is 5.82 Å². The molecule has 2 heterocycles. The second kappa shape index (κ2) is 7.67. The standard InChI is InChI=1S/C20H20FN5O2/c1-27-17-8-13-6-7-26(12-14(13)9-18(17)28-2)20-24-19(11-22-25-20)23-16-5-3-4-15(21)10-16/h3-5,8-11H,6-7,12H2,1-2H3,(H,23,24,25). The predicted molar refractivity (Wildman–Crippen MR) is 104 cm³/mol. The molecule has 3 aromatic rings. The van der Waals surface area contributed by atoms with Crippen LogP contribution in [0.25, 0.3) is 0 Å². The van der Waals surface area contributed by atoms with E-state index in [9.17, 15) is 4.39 Å². The molecule has 7 nitrogen and oxygen atoms in total. The summed E-state index contributed by atoms with van der Waals surface area (Å²) in [5.74, 6) is 2.14. The SMILES string of the molecule is COc1cc2c(cc1OC)CN(c1nncc(Nc3cccc(F)c3)n1)CC2. The summed E-state index contributed by atoms with van der Waals surface area (Å²) < 4.78 is 24.2. The number of methoxy groups -OCH3 is 2. The number of ether oxygens (including phenoxy) is 2. The van der Waals surface area contributed by atoms with Crippen LogP contribution in [0.2, 0.25) is 0 Å². The van der Waals surface area contributed by atoms with Crippen molar-refractivity contribution in [3.05, 3.63) is 59.5 Å². The number of anilines is 3. The Balaban J connectivity index is 1.56. The Morgan fingerprint density at radius 2 is 1.86 bits per heavy atom. The van der Waals surface area contributed by atoms with Gasteiger partial charge in [-0.05, 0) is 47.9 Å². The van der Waals surface area contributed by atoms with Gasteiger partial charge >= 0.3 is 0 Å². The van der Waals surface area contributed by atoms with Crippen LogP contribution in [0.15, 0.2) is 42.6 Å². The molecule has 0 spiro atoms. The van der Waals surface area contributed by atoms with Crippen molar-refractivity contribution in [2.75, 3.05) is 31.0 Å². The van der Waals surface area contributed by atoms with Gasteiger partial charge in [0.2, 0.25) is 5.95 Å². The summed E-state index contributed by atoms with van der Waals surface area (Å²) in [4.78, 5) is 6.59. The third-order valence-electron chi connectivity index (χ3n) is 4.65. The quantitative estimate of drug-likeness (QED) is 0.727. The highest BCUT2D eigenvalue weighted by molar-refractivity contribution is 5.56. The molecule has 0 radical (unpaired) electrons. The number of halogens is 1. The summed E-state index contributed by atoms with van der Waals surface area (Å²) in [6.45, 7) is 1.40. The smallest absolute Gasteiger partial charge is 0.247 e. The van der Waals surface area contributed by atoms with Gasteiger partial charge in [0.05, 0.1) is 20.4 Å². The first-order valence-corrected chi connectivity index (χ1v) is 8.87. The Hall–Kier alpha value is -3.42. The molecule has 0 aliphatic carbocycles. The number of rotatable bonds is 5. The second-order valence-corrected chi connectivity index (χ2v) is 6.42. The van der Waals surface area contributed by atoms with Crippen LogP contribution in [0.1, 0.15) is 11.1 Å². The molecule has 144 valence electrons. The van der Waals surface area contributed by atoms with Crippen molar-refractivity contribution in [1.29, 1.82) is 0 Å². The average molecular weight is 381 g/mol. The fraction of sp³-hybridized carbons (Fsp3) is 0.250. The van der Waals surface area contributed by atoms with Gasteiger partial charge in [0, 0.05) is 18.8 Å². The summed E-state index contributed by atoms with van der Waals surface area (Å²) in [5, 5.41) is 11.3. The lowest BCUT2D eigenvalue weighted by atomic mass is 9.99. The maximum atomic E-state index is 13.4. The number of hydrogen-bond acceptors (Lipinski definition) is 7. The fourth-order valence-electron chi connectivity index (χ4n) is 3.26. The first-order chi connectivity index (χ1) is 13.7. The van der Waals surface area contributed by atoms with E-state index in [2.05, 4.69) is 25.4 Å². The Labute approximate surface area is 162 Å². The highest BCUT2D eigenvalue weighted by Gasteiger charge is 2.21. The Kier molecular flexibility index (Phi) is 4.92.